The van der Waals surface area contributed by atoms with Crippen molar-refractivity contribution in [3.05, 3.63) is 0 Å². The highest BCUT2D eigenvalue weighted by molar-refractivity contribution is 7.86. The van der Waals surface area contributed by atoms with Crippen molar-refractivity contribution in [3.63, 3.8) is 0 Å². The summed E-state index contributed by atoms with van der Waals surface area (Å²) in [5.41, 5.74) is 0. The second kappa shape index (κ2) is 20.6. The molecule has 0 spiro atoms. The van der Waals surface area contributed by atoms with Gasteiger partial charge in [-0.25, -0.2) is 0 Å². The third kappa shape index (κ3) is 27.1. The Labute approximate surface area is 171 Å². The van der Waals surface area contributed by atoms with Gasteiger partial charge in [-0.2, -0.15) is 8.42 Å². The Morgan fingerprint density at radius 2 is 1.07 bits per heavy atom. The van der Waals surface area contributed by atoms with E-state index in [9.17, 15) is 18.0 Å². The lowest BCUT2D eigenvalue weighted by Gasteiger charge is -2.05. The first-order chi connectivity index (χ1) is 13.2. The first kappa shape index (κ1) is 29.1. The second-order valence-electron chi connectivity index (χ2n) is 6.91. The highest BCUT2D eigenvalue weighted by Gasteiger charge is 2.10. The SMILES string of the molecule is CCCCCCCCOS(=O)(=O)CCCCCCCC.O=C(O)CCC(=O)O. The molecule has 0 rings (SSSR count). The third-order valence-electron chi connectivity index (χ3n) is 4.06. The van der Waals surface area contributed by atoms with E-state index in [1.54, 1.807) is 0 Å². The third-order valence-corrected chi connectivity index (χ3v) is 5.38. The van der Waals surface area contributed by atoms with Gasteiger partial charge in [-0.15, -0.1) is 0 Å². The molecule has 0 heterocycles. The van der Waals surface area contributed by atoms with E-state index in [-0.39, 0.29) is 18.6 Å². The number of aliphatic carboxylic acids is 2. The molecule has 28 heavy (non-hydrogen) atoms. The Hall–Kier alpha value is -1.15. The molecule has 0 saturated heterocycles. The van der Waals surface area contributed by atoms with E-state index in [0.717, 1.165) is 32.1 Å². The number of carbonyl (C=O) groups is 2. The maximum atomic E-state index is 11.6. The van der Waals surface area contributed by atoms with Gasteiger partial charge in [0.15, 0.2) is 0 Å². The standard InChI is InChI=1S/C16H34O3S.C4H6O4/c1-3-5-7-9-11-13-15-19-20(17,18)16-14-12-10-8-6-4-2;5-3(6)1-2-4(7)8/h3-16H2,1-2H3;1-2H2,(H,5,6)(H,7,8). The van der Waals surface area contributed by atoms with Crippen molar-refractivity contribution < 1.29 is 32.4 Å². The fraction of sp³-hybridized carbons (Fsp3) is 0.900. The number of rotatable bonds is 18. The lowest BCUT2D eigenvalue weighted by atomic mass is 10.1. The van der Waals surface area contributed by atoms with Crippen LogP contribution in [0, 0.1) is 0 Å². The molecule has 0 fully saturated rings. The lowest BCUT2D eigenvalue weighted by Crippen LogP contribution is -2.11. The first-order valence-electron chi connectivity index (χ1n) is 10.6. The normalized spacial score (nSPS) is 10.9. The second-order valence-corrected chi connectivity index (χ2v) is 8.67. The van der Waals surface area contributed by atoms with Gasteiger partial charge < -0.3 is 10.2 Å². The maximum absolute atomic E-state index is 11.6. The average Bonchev–Trinajstić information content (AvgIpc) is 2.62. The molecule has 0 aromatic rings. The van der Waals surface area contributed by atoms with Gasteiger partial charge in [0.1, 0.15) is 0 Å². The van der Waals surface area contributed by atoms with Crippen molar-refractivity contribution in [2.24, 2.45) is 0 Å². The topological polar surface area (TPSA) is 118 Å². The van der Waals surface area contributed by atoms with Gasteiger partial charge >= 0.3 is 11.9 Å². The van der Waals surface area contributed by atoms with Crippen LogP contribution < -0.4 is 0 Å². The summed E-state index contributed by atoms with van der Waals surface area (Å²) >= 11 is 0. The summed E-state index contributed by atoms with van der Waals surface area (Å²) in [4.78, 5) is 19.3. The quantitative estimate of drug-likeness (QED) is 0.235. The molecule has 0 aromatic carbocycles. The van der Waals surface area contributed by atoms with Crippen LogP contribution in [0.25, 0.3) is 0 Å². The monoisotopic (exact) mass is 424 g/mol. The highest BCUT2D eigenvalue weighted by atomic mass is 32.2. The van der Waals surface area contributed by atoms with Crippen molar-refractivity contribution in [1.29, 1.82) is 0 Å². The molecule has 0 radical (unpaired) electrons. The zero-order valence-electron chi connectivity index (χ0n) is 17.7. The van der Waals surface area contributed by atoms with Crippen molar-refractivity contribution in [1.82, 2.24) is 0 Å². The summed E-state index contributed by atoms with van der Waals surface area (Å²) in [5.74, 6) is -1.96. The van der Waals surface area contributed by atoms with E-state index in [0.29, 0.717) is 6.61 Å². The summed E-state index contributed by atoms with van der Waals surface area (Å²) < 4.78 is 28.3. The van der Waals surface area contributed by atoms with Crippen LogP contribution in [0.3, 0.4) is 0 Å². The Morgan fingerprint density at radius 3 is 1.50 bits per heavy atom. The fourth-order valence-electron chi connectivity index (χ4n) is 2.40. The van der Waals surface area contributed by atoms with Crippen LogP contribution in [0.2, 0.25) is 0 Å². The van der Waals surface area contributed by atoms with E-state index in [4.69, 9.17) is 14.4 Å². The number of hydrogen-bond donors (Lipinski definition) is 2. The van der Waals surface area contributed by atoms with Gasteiger partial charge in [0, 0.05) is 0 Å². The van der Waals surface area contributed by atoms with Gasteiger partial charge in [0.25, 0.3) is 10.1 Å². The highest BCUT2D eigenvalue weighted by Crippen LogP contribution is 2.09. The van der Waals surface area contributed by atoms with Crippen molar-refractivity contribution >= 4 is 22.1 Å². The van der Waals surface area contributed by atoms with E-state index in [1.165, 1.54) is 44.9 Å². The van der Waals surface area contributed by atoms with E-state index in [2.05, 4.69) is 13.8 Å². The minimum absolute atomic E-state index is 0.189. The van der Waals surface area contributed by atoms with Gasteiger partial charge in [-0.05, 0) is 12.8 Å². The van der Waals surface area contributed by atoms with Crippen LogP contribution in [0.4, 0.5) is 0 Å². The molecule has 0 bridgehead atoms. The summed E-state index contributed by atoms with van der Waals surface area (Å²) in [6, 6.07) is 0. The zero-order chi connectivity index (χ0) is 21.7. The maximum Gasteiger partial charge on any atom is 0.303 e. The Balaban J connectivity index is 0. The molecule has 0 aliphatic heterocycles. The van der Waals surface area contributed by atoms with Crippen molar-refractivity contribution in [2.45, 2.75) is 104 Å². The Morgan fingerprint density at radius 1 is 0.679 bits per heavy atom. The van der Waals surface area contributed by atoms with Gasteiger partial charge in [-0.3, -0.25) is 13.8 Å². The van der Waals surface area contributed by atoms with Gasteiger partial charge in [0.05, 0.1) is 25.2 Å². The Kier molecular flexibility index (Phi) is 21.4. The first-order valence-corrected chi connectivity index (χ1v) is 12.1. The molecule has 0 saturated carbocycles. The van der Waals surface area contributed by atoms with Crippen LogP contribution in [0.5, 0.6) is 0 Å². The van der Waals surface area contributed by atoms with Gasteiger partial charge in [-0.1, -0.05) is 78.1 Å². The summed E-state index contributed by atoms with van der Waals surface area (Å²) in [5, 5.41) is 15.8. The van der Waals surface area contributed by atoms with E-state index in [1.807, 2.05) is 0 Å². The van der Waals surface area contributed by atoms with Crippen LogP contribution in [-0.2, 0) is 23.9 Å². The minimum Gasteiger partial charge on any atom is -0.481 e. The van der Waals surface area contributed by atoms with E-state index < -0.39 is 22.1 Å². The molecule has 0 unspecified atom stereocenters. The number of unbranched alkanes of at least 4 members (excludes halogenated alkanes) is 10. The largest absolute Gasteiger partial charge is 0.481 e. The molecular formula is C20H40O7S. The lowest BCUT2D eigenvalue weighted by molar-refractivity contribution is -0.143. The van der Waals surface area contributed by atoms with Crippen LogP contribution in [-0.4, -0.2) is 42.9 Å². The molecule has 0 aliphatic rings. The van der Waals surface area contributed by atoms with Gasteiger partial charge in [0.2, 0.25) is 0 Å². The Bertz CT molecular complexity index is 461. The van der Waals surface area contributed by atoms with Crippen LogP contribution in [0.15, 0.2) is 0 Å². The molecule has 8 heteroatoms. The predicted octanol–water partition coefficient (Wildman–Crippen LogP) is 4.99. The number of carboxylic acid groups (broad SMARTS) is 2. The zero-order valence-corrected chi connectivity index (χ0v) is 18.5. The number of carboxylic acids is 2. The smallest absolute Gasteiger partial charge is 0.303 e. The fourth-order valence-corrected chi connectivity index (χ4v) is 3.45. The molecule has 2 N–H and O–H groups in total. The molecule has 7 nitrogen and oxygen atoms in total. The summed E-state index contributed by atoms with van der Waals surface area (Å²) in [6.45, 7) is 4.74. The molecular weight excluding hydrogens is 384 g/mol. The number of hydrogen-bond acceptors (Lipinski definition) is 5. The minimum atomic E-state index is -3.27. The van der Waals surface area contributed by atoms with Crippen LogP contribution >= 0.6 is 0 Å². The van der Waals surface area contributed by atoms with Crippen LogP contribution in [0.1, 0.15) is 104 Å². The van der Waals surface area contributed by atoms with Crippen molar-refractivity contribution in [2.75, 3.05) is 12.4 Å². The van der Waals surface area contributed by atoms with Crippen molar-refractivity contribution in [3.8, 4) is 0 Å². The summed E-state index contributed by atoms with van der Waals surface area (Å²) in [7, 11) is -3.27. The molecule has 0 aliphatic carbocycles. The molecule has 168 valence electrons. The molecule has 0 atom stereocenters. The van der Waals surface area contributed by atoms with E-state index >= 15 is 0 Å². The predicted molar refractivity (Wildman–Crippen MR) is 111 cm³/mol. The summed E-state index contributed by atoms with van der Waals surface area (Å²) in [6.07, 6.45) is 12.9. The molecule has 0 aromatic heterocycles. The average molecular weight is 425 g/mol. The molecule has 0 amide bonds.